The molecule has 0 amide bonds. The first-order valence-corrected chi connectivity index (χ1v) is 8.38. The molecule has 3 nitrogen and oxygen atoms in total. The molecule has 0 atom stereocenters. The van der Waals surface area contributed by atoms with Gasteiger partial charge in [0.1, 0.15) is 0 Å². The van der Waals surface area contributed by atoms with Crippen molar-refractivity contribution in [2.75, 3.05) is 0 Å². The molecular weight excluding hydrogens is 400 g/mol. The third-order valence-electron chi connectivity index (χ3n) is 3.71. The Morgan fingerprint density at radius 1 is 1.00 bits per heavy atom. The first kappa shape index (κ1) is 19.2. The van der Waals surface area contributed by atoms with Crippen LogP contribution in [-0.2, 0) is 0 Å². The molecule has 0 fully saturated rings. The molecule has 27 heavy (non-hydrogen) atoms. The highest BCUT2D eigenvalue weighted by molar-refractivity contribution is 6.35. The van der Waals surface area contributed by atoms with Crippen LogP contribution in [0.1, 0.15) is 15.9 Å². The fourth-order valence-electron chi connectivity index (χ4n) is 2.46. The van der Waals surface area contributed by atoms with E-state index in [1.54, 1.807) is 35.4 Å². The summed E-state index contributed by atoms with van der Waals surface area (Å²) in [5.41, 5.74) is -0.543. The SMILES string of the molecule is O=C(C=C(c1cc(Cl)cc(Cl)c1)C(F)(F)F)c1ccc(-n2ccnc2)cc1. The molecule has 0 radical (unpaired) electrons. The Morgan fingerprint density at radius 3 is 2.15 bits per heavy atom. The van der Waals surface area contributed by atoms with Crippen LogP contribution in [0.15, 0.2) is 67.3 Å². The summed E-state index contributed by atoms with van der Waals surface area (Å²) in [6, 6.07) is 9.68. The lowest BCUT2D eigenvalue weighted by Gasteiger charge is -2.13. The maximum atomic E-state index is 13.5. The van der Waals surface area contributed by atoms with Crippen molar-refractivity contribution >= 4 is 34.6 Å². The fraction of sp³-hybridized carbons (Fsp3) is 0.0526. The van der Waals surface area contributed by atoms with Crippen molar-refractivity contribution in [3.63, 3.8) is 0 Å². The van der Waals surface area contributed by atoms with Crippen LogP contribution in [-0.4, -0.2) is 21.5 Å². The van der Waals surface area contributed by atoms with Gasteiger partial charge in [-0.2, -0.15) is 13.2 Å². The van der Waals surface area contributed by atoms with Crippen LogP contribution in [0, 0.1) is 0 Å². The van der Waals surface area contributed by atoms with E-state index in [-0.39, 0.29) is 21.2 Å². The van der Waals surface area contributed by atoms with E-state index in [2.05, 4.69) is 4.98 Å². The Bertz CT molecular complexity index is 975. The van der Waals surface area contributed by atoms with Crippen molar-refractivity contribution in [3.8, 4) is 5.69 Å². The first-order valence-electron chi connectivity index (χ1n) is 7.62. The number of alkyl halides is 3. The van der Waals surface area contributed by atoms with Crippen LogP contribution in [0.4, 0.5) is 13.2 Å². The number of carbonyl (C=O) groups excluding carboxylic acids is 1. The van der Waals surface area contributed by atoms with Gasteiger partial charge in [0.05, 0.1) is 11.9 Å². The second kappa shape index (κ2) is 7.58. The predicted molar refractivity (Wildman–Crippen MR) is 98.4 cm³/mol. The molecule has 8 heteroatoms. The number of rotatable bonds is 4. The lowest BCUT2D eigenvalue weighted by molar-refractivity contribution is -0.0689. The van der Waals surface area contributed by atoms with Crippen LogP contribution >= 0.6 is 23.2 Å². The topological polar surface area (TPSA) is 34.9 Å². The van der Waals surface area contributed by atoms with Crippen molar-refractivity contribution < 1.29 is 18.0 Å². The number of carbonyl (C=O) groups is 1. The summed E-state index contributed by atoms with van der Waals surface area (Å²) in [6.45, 7) is 0. The number of aromatic nitrogens is 2. The summed E-state index contributed by atoms with van der Waals surface area (Å²) in [7, 11) is 0. The molecule has 0 saturated heterocycles. The lowest BCUT2D eigenvalue weighted by atomic mass is 10.0. The number of benzene rings is 2. The Labute approximate surface area is 162 Å². The standard InChI is InChI=1S/C19H11Cl2F3N2O/c20-14-7-13(8-15(21)9-14)17(19(22,23)24)10-18(27)12-1-3-16(4-2-12)26-6-5-25-11-26/h1-11H. The van der Waals surface area contributed by atoms with Gasteiger partial charge in [-0.25, -0.2) is 4.98 Å². The van der Waals surface area contributed by atoms with Gasteiger partial charge in [-0.05, 0) is 54.1 Å². The van der Waals surface area contributed by atoms with Crippen LogP contribution in [0.3, 0.4) is 0 Å². The maximum absolute atomic E-state index is 13.5. The molecule has 0 spiro atoms. The van der Waals surface area contributed by atoms with Gasteiger partial charge in [0.2, 0.25) is 0 Å². The summed E-state index contributed by atoms with van der Waals surface area (Å²) < 4.78 is 42.1. The van der Waals surface area contributed by atoms with Gasteiger partial charge >= 0.3 is 6.18 Å². The number of halogens is 5. The average molecular weight is 411 g/mol. The van der Waals surface area contributed by atoms with Gasteiger partial charge in [0, 0.05) is 33.7 Å². The molecule has 2 aromatic carbocycles. The summed E-state index contributed by atoms with van der Waals surface area (Å²) >= 11 is 11.6. The first-order chi connectivity index (χ1) is 12.7. The van der Waals surface area contributed by atoms with Crippen LogP contribution in [0.5, 0.6) is 0 Å². The van der Waals surface area contributed by atoms with Gasteiger partial charge in [-0.3, -0.25) is 4.79 Å². The Hall–Kier alpha value is -2.57. The molecule has 0 aliphatic carbocycles. The van der Waals surface area contributed by atoms with E-state index in [1.165, 1.54) is 18.2 Å². The van der Waals surface area contributed by atoms with Crippen molar-refractivity contribution in [2.45, 2.75) is 6.18 Å². The highest BCUT2D eigenvalue weighted by Crippen LogP contribution is 2.36. The molecule has 3 rings (SSSR count). The molecule has 1 aromatic heterocycles. The third kappa shape index (κ3) is 4.59. The molecular formula is C19H11Cl2F3N2O. The Morgan fingerprint density at radius 2 is 1.63 bits per heavy atom. The van der Waals surface area contributed by atoms with Gasteiger partial charge in [0.15, 0.2) is 5.78 Å². The lowest BCUT2D eigenvalue weighted by Crippen LogP contribution is -2.13. The van der Waals surface area contributed by atoms with E-state index in [0.29, 0.717) is 6.08 Å². The minimum atomic E-state index is -4.75. The fourth-order valence-corrected chi connectivity index (χ4v) is 2.99. The van der Waals surface area contributed by atoms with Gasteiger partial charge in [0.25, 0.3) is 0 Å². The number of imidazole rings is 1. The van der Waals surface area contributed by atoms with E-state index in [9.17, 15) is 18.0 Å². The van der Waals surface area contributed by atoms with E-state index in [4.69, 9.17) is 23.2 Å². The Balaban J connectivity index is 1.96. The predicted octanol–water partition coefficient (Wildman–Crippen LogP) is 6.01. The number of ketones is 1. The number of hydrogen-bond acceptors (Lipinski definition) is 2. The quantitative estimate of drug-likeness (QED) is 0.390. The van der Waals surface area contributed by atoms with E-state index < -0.39 is 17.5 Å². The minimum Gasteiger partial charge on any atom is -0.306 e. The zero-order valence-electron chi connectivity index (χ0n) is 13.5. The molecule has 138 valence electrons. The molecule has 0 bridgehead atoms. The smallest absolute Gasteiger partial charge is 0.306 e. The van der Waals surface area contributed by atoms with Crippen molar-refractivity contribution in [2.24, 2.45) is 0 Å². The van der Waals surface area contributed by atoms with E-state index in [0.717, 1.165) is 17.8 Å². The number of nitrogens with zero attached hydrogens (tertiary/aromatic N) is 2. The zero-order chi connectivity index (χ0) is 19.6. The normalized spacial score (nSPS) is 12.3. The van der Waals surface area contributed by atoms with Crippen molar-refractivity contribution in [1.82, 2.24) is 9.55 Å². The molecule has 0 saturated carbocycles. The van der Waals surface area contributed by atoms with Crippen molar-refractivity contribution in [1.29, 1.82) is 0 Å². The monoisotopic (exact) mass is 410 g/mol. The van der Waals surface area contributed by atoms with Crippen LogP contribution in [0.25, 0.3) is 11.3 Å². The second-order valence-corrected chi connectivity index (χ2v) is 6.47. The number of allylic oxidation sites excluding steroid dienone is 2. The van der Waals surface area contributed by atoms with Crippen LogP contribution in [0.2, 0.25) is 10.0 Å². The highest BCUT2D eigenvalue weighted by atomic mass is 35.5. The van der Waals surface area contributed by atoms with Gasteiger partial charge < -0.3 is 4.57 Å². The second-order valence-electron chi connectivity index (χ2n) is 5.59. The number of hydrogen-bond donors (Lipinski definition) is 0. The summed E-state index contributed by atoms with van der Waals surface area (Å²) in [5, 5.41) is 0.0922. The average Bonchev–Trinajstić information content (AvgIpc) is 3.12. The van der Waals surface area contributed by atoms with E-state index >= 15 is 0 Å². The van der Waals surface area contributed by atoms with Crippen LogP contribution < -0.4 is 0 Å². The summed E-state index contributed by atoms with van der Waals surface area (Å²) in [4.78, 5) is 16.3. The largest absolute Gasteiger partial charge is 0.417 e. The Kier molecular flexibility index (Phi) is 5.39. The van der Waals surface area contributed by atoms with E-state index in [1.807, 2.05) is 0 Å². The molecule has 0 aliphatic rings. The van der Waals surface area contributed by atoms with Crippen molar-refractivity contribution in [3.05, 3.63) is 88.4 Å². The maximum Gasteiger partial charge on any atom is 0.417 e. The molecule has 3 aromatic rings. The third-order valence-corrected chi connectivity index (χ3v) is 4.15. The molecule has 1 heterocycles. The molecule has 0 unspecified atom stereocenters. The van der Waals surface area contributed by atoms with Gasteiger partial charge in [-0.15, -0.1) is 0 Å². The molecule has 0 N–H and O–H groups in total. The zero-order valence-corrected chi connectivity index (χ0v) is 15.1. The molecule has 0 aliphatic heterocycles. The highest BCUT2D eigenvalue weighted by Gasteiger charge is 2.35. The summed E-state index contributed by atoms with van der Waals surface area (Å²) in [5.74, 6) is -0.782. The summed E-state index contributed by atoms with van der Waals surface area (Å²) in [6.07, 6.45) is 0.672. The minimum absolute atomic E-state index is 0.0461. The van der Waals surface area contributed by atoms with Gasteiger partial charge in [-0.1, -0.05) is 23.2 Å².